The van der Waals surface area contributed by atoms with E-state index in [4.69, 9.17) is 16.3 Å². The van der Waals surface area contributed by atoms with E-state index in [0.29, 0.717) is 5.56 Å². The Bertz CT molecular complexity index is 534. The number of pyridine rings is 1. The lowest BCUT2D eigenvalue weighted by molar-refractivity contribution is 0.444. The maximum absolute atomic E-state index is 13.0. The van der Waals surface area contributed by atoms with E-state index >= 15 is 0 Å². The van der Waals surface area contributed by atoms with Crippen LogP contribution in [-0.2, 0) is 5.88 Å². The van der Waals surface area contributed by atoms with Gasteiger partial charge in [-0.3, -0.25) is 0 Å². The first kappa shape index (κ1) is 11.8. The van der Waals surface area contributed by atoms with Gasteiger partial charge < -0.3 is 4.74 Å². The van der Waals surface area contributed by atoms with Crippen LogP contribution < -0.4 is 4.74 Å². The second-order valence-electron chi connectivity index (χ2n) is 3.28. The van der Waals surface area contributed by atoms with E-state index in [1.54, 1.807) is 12.1 Å². The Morgan fingerprint density at radius 1 is 1.18 bits per heavy atom. The van der Waals surface area contributed by atoms with Crippen LogP contribution in [0.1, 0.15) is 5.56 Å². The van der Waals surface area contributed by atoms with Gasteiger partial charge in [-0.2, -0.15) is 0 Å². The lowest BCUT2D eigenvalue weighted by Gasteiger charge is -2.07. The molecule has 5 heteroatoms. The van der Waals surface area contributed by atoms with Crippen molar-refractivity contribution in [1.82, 2.24) is 4.98 Å². The summed E-state index contributed by atoms with van der Waals surface area (Å²) in [6, 6.07) is 6.74. The fourth-order valence-corrected chi connectivity index (χ4v) is 1.47. The third-order valence-corrected chi connectivity index (χ3v) is 2.39. The minimum atomic E-state index is -0.967. The van der Waals surface area contributed by atoms with Crippen molar-refractivity contribution >= 4 is 11.6 Å². The van der Waals surface area contributed by atoms with Gasteiger partial charge in [0.25, 0.3) is 0 Å². The van der Waals surface area contributed by atoms with E-state index in [1.165, 1.54) is 12.3 Å². The number of benzene rings is 1. The molecular formula is C12H8ClF2NO. The lowest BCUT2D eigenvalue weighted by Crippen LogP contribution is -1.93. The van der Waals surface area contributed by atoms with E-state index < -0.39 is 11.6 Å². The van der Waals surface area contributed by atoms with Crippen molar-refractivity contribution in [2.24, 2.45) is 0 Å². The van der Waals surface area contributed by atoms with Crippen molar-refractivity contribution in [3.05, 3.63) is 53.7 Å². The van der Waals surface area contributed by atoms with E-state index in [2.05, 4.69) is 4.98 Å². The summed E-state index contributed by atoms with van der Waals surface area (Å²) in [5.74, 6) is -1.20. The molecule has 0 aliphatic heterocycles. The molecule has 1 aromatic heterocycles. The van der Waals surface area contributed by atoms with Gasteiger partial charge in [0, 0.05) is 17.8 Å². The third-order valence-electron chi connectivity index (χ3n) is 2.10. The van der Waals surface area contributed by atoms with Crippen LogP contribution in [0, 0.1) is 11.6 Å². The molecule has 0 atom stereocenters. The van der Waals surface area contributed by atoms with E-state index in [1.807, 2.05) is 0 Å². The molecule has 0 saturated carbocycles. The number of nitrogens with zero attached hydrogens (tertiary/aromatic N) is 1. The van der Waals surface area contributed by atoms with Gasteiger partial charge in [-0.05, 0) is 18.2 Å². The van der Waals surface area contributed by atoms with Crippen molar-refractivity contribution < 1.29 is 13.5 Å². The van der Waals surface area contributed by atoms with Crippen LogP contribution in [-0.4, -0.2) is 4.98 Å². The van der Waals surface area contributed by atoms with Crippen LogP contribution in [0.4, 0.5) is 8.78 Å². The van der Waals surface area contributed by atoms with Gasteiger partial charge in [0.2, 0.25) is 5.88 Å². The molecule has 0 bridgehead atoms. The Hall–Kier alpha value is -1.68. The van der Waals surface area contributed by atoms with Crippen LogP contribution >= 0.6 is 11.6 Å². The molecule has 0 N–H and O–H groups in total. The predicted octanol–water partition coefficient (Wildman–Crippen LogP) is 3.89. The number of ether oxygens (including phenoxy) is 1. The fourth-order valence-electron chi connectivity index (χ4n) is 1.27. The zero-order chi connectivity index (χ0) is 12.3. The first-order chi connectivity index (χ1) is 8.20. The molecule has 0 aliphatic carbocycles. The Balaban J connectivity index is 2.28. The summed E-state index contributed by atoms with van der Waals surface area (Å²) in [5, 5.41) is 0. The molecule has 0 fully saturated rings. The highest BCUT2D eigenvalue weighted by Gasteiger charge is 2.07. The smallest absolute Gasteiger partial charge is 0.223 e. The largest absolute Gasteiger partial charge is 0.439 e. The van der Waals surface area contributed by atoms with Gasteiger partial charge >= 0.3 is 0 Å². The third kappa shape index (κ3) is 2.71. The normalized spacial score (nSPS) is 10.3. The standard InChI is InChI=1S/C12H8ClF2NO/c13-7-8-2-1-5-16-12(8)17-9-3-4-10(14)11(15)6-9/h1-6H,7H2. The zero-order valence-electron chi connectivity index (χ0n) is 8.66. The summed E-state index contributed by atoms with van der Waals surface area (Å²) in [5.41, 5.74) is 0.680. The molecule has 0 amide bonds. The number of alkyl halides is 1. The molecule has 2 aromatic rings. The number of hydrogen-bond donors (Lipinski definition) is 0. The molecule has 0 unspecified atom stereocenters. The number of aromatic nitrogens is 1. The highest BCUT2D eigenvalue weighted by molar-refractivity contribution is 6.17. The summed E-state index contributed by atoms with van der Waals surface area (Å²) in [6.45, 7) is 0. The molecule has 17 heavy (non-hydrogen) atoms. The van der Waals surface area contributed by atoms with Gasteiger partial charge in [0.1, 0.15) is 5.75 Å². The van der Waals surface area contributed by atoms with E-state index in [0.717, 1.165) is 12.1 Å². The lowest BCUT2D eigenvalue weighted by atomic mass is 10.3. The predicted molar refractivity (Wildman–Crippen MR) is 60.2 cm³/mol. The average molecular weight is 256 g/mol. The van der Waals surface area contributed by atoms with Gasteiger partial charge in [0.15, 0.2) is 11.6 Å². The van der Waals surface area contributed by atoms with Gasteiger partial charge in [-0.15, -0.1) is 11.6 Å². The maximum Gasteiger partial charge on any atom is 0.223 e. The maximum atomic E-state index is 13.0. The number of halogens is 3. The highest BCUT2D eigenvalue weighted by Crippen LogP contribution is 2.25. The summed E-state index contributed by atoms with van der Waals surface area (Å²) in [7, 11) is 0. The van der Waals surface area contributed by atoms with Crippen LogP contribution in [0.2, 0.25) is 0 Å². The van der Waals surface area contributed by atoms with Crippen molar-refractivity contribution in [2.75, 3.05) is 0 Å². The topological polar surface area (TPSA) is 22.1 Å². The molecule has 88 valence electrons. The fraction of sp³-hybridized carbons (Fsp3) is 0.0833. The first-order valence-electron chi connectivity index (χ1n) is 4.83. The van der Waals surface area contributed by atoms with Crippen LogP contribution in [0.25, 0.3) is 0 Å². The van der Waals surface area contributed by atoms with Crippen molar-refractivity contribution in [1.29, 1.82) is 0 Å². The molecule has 0 radical (unpaired) electrons. The molecular weight excluding hydrogens is 248 g/mol. The Kier molecular flexibility index (Phi) is 3.54. The molecule has 2 nitrogen and oxygen atoms in total. The van der Waals surface area contributed by atoms with Crippen molar-refractivity contribution in [2.45, 2.75) is 5.88 Å². The van der Waals surface area contributed by atoms with E-state index in [9.17, 15) is 8.78 Å². The number of rotatable bonds is 3. The average Bonchev–Trinajstić information content (AvgIpc) is 2.34. The van der Waals surface area contributed by atoms with Crippen molar-refractivity contribution in [3.8, 4) is 11.6 Å². The van der Waals surface area contributed by atoms with Gasteiger partial charge in [0.05, 0.1) is 5.88 Å². The van der Waals surface area contributed by atoms with Crippen LogP contribution in [0.15, 0.2) is 36.5 Å². The summed E-state index contributed by atoms with van der Waals surface area (Å²) in [6.07, 6.45) is 1.53. The first-order valence-corrected chi connectivity index (χ1v) is 5.37. The Morgan fingerprint density at radius 2 is 2.00 bits per heavy atom. The summed E-state index contributed by atoms with van der Waals surface area (Å²) < 4.78 is 31.0. The quantitative estimate of drug-likeness (QED) is 0.776. The molecule has 0 saturated heterocycles. The molecule has 1 heterocycles. The van der Waals surface area contributed by atoms with E-state index in [-0.39, 0.29) is 17.5 Å². The Labute approximate surface area is 102 Å². The monoisotopic (exact) mass is 255 g/mol. The van der Waals surface area contributed by atoms with Crippen LogP contribution in [0.3, 0.4) is 0 Å². The minimum Gasteiger partial charge on any atom is -0.439 e. The van der Waals surface area contributed by atoms with Gasteiger partial charge in [-0.1, -0.05) is 6.07 Å². The molecule has 0 spiro atoms. The summed E-state index contributed by atoms with van der Waals surface area (Å²) >= 11 is 5.70. The van der Waals surface area contributed by atoms with Crippen LogP contribution in [0.5, 0.6) is 11.6 Å². The summed E-state index contributed by atoms with van der Waals surface area (Å²) in [4.78, 5) is 3.97. The molecule has 1 aromatic carbocycles. The minimum absolute atomic E-state index is 0.175. The SMILES string of the molecule is Fc1ccc(Oc2ncccc2CCl)cc1F. The second-order valence-corrected chi connectivity index (χ2v) is 3.55. The molecule has 2 rings (SSSR count). The highest BCUT2D eigenvalue weighted by atomic mass is 35.5. The van der Waals surface area contributed by atoms with Crippen molar-refractivity contribution in [3.63, 3.8) is 0 Å². The van der Waals surface area contributed by atoms with Gasteiger partial charge in [-0.25, -0.2) is 13.8 Å². The Morgan fingerprint density at radius 3 is 2.71 bits per heavy atom. The molecule has 0 aliphatic rings. The zero-order valence-corrected chi connectivity index (χ0v) is 9.42. The number of hydrogen-bond acceptors (Lipinski definition) is 2. The second kappa shape index (κ2) is 5.10.